The molecule has 0 saturated heterocycles. The van der Waals surface area contributed by atoms with Gasteiger partial charge in [-0.15, -0.1) is 0 Å². The first-order valence-corrected chi connectivity index (χ1v) is 9.61. The molecule has 6 nitrogen and oxygen atoms in total. The number of ether oxygens (including phenoxy) is 2. The smallest absolute Gasteiger partial charge is 0.246 e. The Kier molecular flexibility index (Phi) is 5.39. The lowest BCUT2D eigenvalue weighted by molar-refractivity contribution is -0.118. The van der Waals surface area contributed by atoms with E-state index in [4.69, 9.17) is 14.5 Å². The van der Waals surface area contributed by atoms with E-state index in [0.29, 0.717) is 17.3 Å². The molecule has 0 aliphatic carbocycles. The second-order valence-corrected chi connectivity index (χ2v) is 6.87. The minimum atomic E-state index is -0.0360. The van der Waals surface area contributed by atoms with Gasteiger partial charge in [0.05, 0.1) is 25.3 Å². The summed E-state index contributed by atoms with van der Waals surface area (Å²) in [4.78, 5) is 19.5. The van der Waals surface area contributed by atoms with Crippen molar-refractivity contribution in [2.45, 2.75) is 6.54 Å². The standard InChI is InChI=1S/C24H23N3O3/c1-26(18-9-5-4-6-10-18)23(28)16-27-20-12-8-7-11-19(20)25-24(27)17-13-14-21(29-2)22(15-17)30-3/h4-15H,16H2,1-3H3. The number of fused-ring (bicyclic) bond motifs is 1. The number of hydrogen-bond acceptors (Lipinski definition) is 4. The van der Waals surface area contributed by atoms with Crippen LogP contribution in [0.25, 0.3) is 22.4 Å². The van der Waals surface area contributed by atoms with Crippen molar-refractivity contribution in [3.63, 3.8) is 0 Å². The van der Waals surface area contributed by atoms with Crippen LogP contribution in [0.2, 0.25) is 0 Å². The van der Waals surface area contributed by atoms with Gasteiger partial charge in [0.2, 0.25) is 5.91 Å². The van der Waals surface area contributed by atoms with Gasteiger partial charge in [-0.25, -0.2) is 4.98 Å². The number of hydrogen-bond donors (Lipinski definition) is 0. The van der Waals surface area contributed by atoms with Gasteiger partial charge in [0, 0.05) is 18.3 Å². The Bertz CT molecular complexity index is 1190. The number of carbonyl (C=O) groups excluding carboxylic acids is 1. The van der Waals surface area contributed by atoms with Crippen molar-refractivity contribution in [2.24, 2.45) is 0 Å². The summed E-state index contributed by atoms with van der Waals surface area (Å²) in [7, 11) is 4.99. The van der Waals surface area contributed by atoms with E-state index in [1.165, 1.54) is 0 Å². The molecule has 0 aliphatic rings. The monoisotopic (exact) mass is 401 g/mol. The number of benzene rings is 3. The topological polar surface area (TPSA) is 56.6 Å². The van der Waals surface area contributed by atoms with Crippen LogP contribution in [0.1, 0.15) is 0 Å². The zero-order valence-corrected chi connectivity index (χ0v) is 17.2. The van der Waals surface area contributed by atoms with Crippen LogP contribution in [0.4, 0.5) is 5.69 Å². The summed E-state index contributed by atoms with van der Waals surface area (Å²) >= 11 is 0. The van der Waals surface area contributed by atoms with Gasteiger partial charge in [-0.05, 0) is 42.5 Å². The molecule has 3 aromatic carbocycles. The summed E-state index contributed by atoms with van der Waals surface area (Å²) < 4.78 is 12.7. The van der Waals surface area contributed by atoms with Crippen LogP contribution in [0.5, 0.6) is 11.5 Å². The summed E-state index contributed by atoms with van der Waals surface area (Å²) in [5.74, 6) is 1.92. The number of nitrogens with zero attached hydrogens (tertiary/aromatic N) is 3. The first kappa shape index (κ1) is 19.5. The minimum absolute atomic E-state index is 0.0360. The summed E-state index contributed by atoms with van der Waals surface area (Å²) in [6.07, 6.45) is 0. The molecule has 30 heavy (non-hydrogen) atoms. The van der Waals surface area contributed by atoms with E-state index in [0.717, 1.165) is 22.3 Å². The predicted molar refractivity (Wildman–Crippen MR) is 118 cm³/mol. The lowest BCUT2D eigenvalue weighted by atomic mass is 10.2. The van der Waals surface area contributed by atoms with Crippen molar-refractivity contribution < 1.29 is 14.3 Å². The molecule has 1 heterocycles. The third-order valence-corrected chi connectivity index (χ3v) is 5.11. The van der Waals surface area contributed by atoms with E-state index in [9.17, 15) is 4.79 Å². The Balaban J connectivity index is 1.77. The van der Waals surface area contributed by atoms with Gasteiger partial charge < -0.3 is 18.9 Å². The van der Waals surface area contributed by atoms with Crippen LogP contribution in [-0.2, 0) is 11.3 Å². The molecule has 0 fully saturated rings. The molecule has 0 unspecified atom stereocenters. The van der Waals surface area contributed by atoms with Gasteiger partial charge in [0.15, 0.2) is 11.5 Å². The lowest BCUT2D eigenvalue weighted by Gasteiger charge is -2.19. The van der Waals surface area contributed by atoms with Crippen LogP contribution in [0, 0.1) is 0 Å². The first-order valence-electron chi connectivity index (χ1n) is 9.61. The van der Waals surface area contributed by atoms with Crippen molar-refractivity contribution >= 4 is 22.6 Å². The molecule has 1 aromatic heterocycles. The Morgan fingerprint density at radius 1 is 0.933 bits per heavy atom. The largest absolute Gasteiger partial charge is 0.493 e. The zero-order valence-electron chi connectivity index (χ0n) is 17.2. The van der Waals surface area contributed by atoms with E-state index in [2.05, 4.69) is 0 Å². The van der Waals surface area contributed by atoms with E-state index in [-0.39, 0.29) is 12.5 Å². The third kappa shape index (κ3) is 3.59. The van der Waals surface area contributed by atoms with Gasteiger partial charge in [-0.2, -0.15) is 0 Å². The van der Waals surface area contributed by atoms with Gasteiger partial charge in [0.25, 0.3) is 0 Å². The van der Waals surface area contributed by atoms with Crippen LogP contribution in [0.15, 0.2) is 72.8 Å². The number of para-hydroxylation sites is 3. The quantitative estimate of drug-likeness (QED) is 0.481. The summed E-state index contributed by atoms with van der Waals surface area (Å²) in [5.41, 5.74) is 3.42. The molecule has 0 N–H and O–H groups in total. The normalized spacial score (nSPS) is 10.8. The second kappa shape index (κ2) is 8.29. The highest BCUT2D eigenvalue weighted by atomic mass is 16.5. The van der Waals surface area contributed by atoms with Crippen LogP contribution in [0.3, 0.4) is 0 Å². The fourth-order valence-electron chi connectivity index (χ4n) is 3.47. The van der Waals surface area contributed by atoms with Gasteiger partial charge in [-0.3, -0.25) is 4.79 Å². The second-order valence-electron chi connectivity index (χ2n) is 6.87. The van der Waals surface area contributed by atoms with Crippen molar-refractivity contribution in [1.29, 1.82) is 0 Å². The number of carbonyl (C=O) groups is 1. The molecule has 1 amide bonds. The number of amides is 1. The van der Waals surface area contributed by atoms with E-state index >= 15 is 0 Å². The Morgan fingerprint density at radius 2 is 1.63 bits per heavy atom. The highest BCUT2D eigenvalue weighted by Crippen LogP contribution is 2.33. The average Bonchev–Trinajstić information content (AvgIpc) is 3.17. The highest BCUT2D eigenvalue weighted by Gasteiger charge is 2.19. The maximum atomic E-state index is 13.1. The molecule has 152 valence electrons. The van der Waals surface area contributed by atoms with E-state index in [1.54, 1.807) is 26.2 Å². The molecule has 0 bridgehead atoms. The van der Waals surface area contributed by atoms with Gasteiger partial charge >= 0.3 is 0 Å². The first-order chi connectivity index (χ1) is 14.6. The Labute approximate surface area is 175 Å². The molecule has 4 aromatic rings. The number of methoxy groups -OCH3 is 2. The van der Waals surface area contributed by atoms with E-state index < -0.39 is 0 Å². The van der Waals surface area contributed by atoms with Gasteiger partial charge in [-0.1, -0.05) is 30.3 Å². The highest BCUT2D eigenvalue weighted by molar-refractivity contribution is 5.94. The van der Waals surface area contributed by atoms with Crippen molar-refractivity contribution in [2.75, 3.05) is 26.2 Å². The third-order valence-electron chi connectivity index (χ3n) is 5.11. The molecule has 0 saturated carbocycles. The van der Waals surface area contributed by atoms with Crippen molar-refractivity contribution in [3.05, 3.63) is 72.8 Å². The number of anilines is 1. The molecule has 4 rings (SSSR count). The number of imidazole rings is 1. The summed E-state index contributed by atoms with van der Waals surface area (Å²) in [6, 6.07) is 23.0. The predicted octanol–water partition coefficient (Wildman–Crippen LogP) is 4.38. The maximum absolute atomic E-state index is 13.1. The molecule has 0 spiro atoms. The van der Waals surface area contributed by atoms with Crippen LogP contribution >= 0.6 is 0 Å². The van der Waals surface area contributed by atoms with Gasteiger partial charge in [0.1, 0.15) is 12.4 Å². The molecule has 0 radical (unpaired) electrons. The summed E-state index contributed by atoms with van der Waals surface area (Å²) in [6.45, 7) is 0.162. The molecule has 0 atom stereocenters. The Morgan fingerprint density at radius 3 is 2.37 bits per heavy atom. The lowest BCUT2D eigenvalue weighted by Crippen LogP contribution is -2.30. The van der Waals surface area contributed by atoms with Crippen molar-refractivity contribution in [1.82, 2.24) is 9.55 Å². The van der Waals surface area contributed by atoms with Crippen LogP contribution in [-0.4, -0.2) is 36.7 Å². The van der Waals surface area contributed by atoms with Crippen LogP contribution < -0.4 is 14.4 Å². The fraction of sp³-hybridized carbons (Fsp3) is 0.167. The van der Waals surface area contributed by atoms with E-state index in [1.807, 2.05) is 77.4 Å². The van der Waals surface area contributed by atoms with Crippen molar-refractivity contribution in [3.8, 4) is 22.9 Å². The summed E-state index contributed by atoms with van der Waals surface area (Å²) in [5, 5.41) is 0. The Hall–Kier alpha value is -3.80. The average molecular weight is 401 g/mol. The number of rotatable bonds is 6. The number of likely N-dealkylation sites (N-methyl/N-ethyl adjacent to an activating group) is 1. The molecule has 6 heteroatoms. The SMILES string of the molecule is COc1ccc(-c2nc3ccccc3n2CC(=O)N(C)c2ccccc2)cc1OC. The number of aromatic nitrogens is 2. The minimum Gasteiger partial charge on any atom is -0.493 e. The maximum Gasteiger partial charge on any atom is 0.246 e. The molecule has 0 aliphatic heterocycles. The zero-order chi connectivity index (χ0) is 21.1. The molecular weight excluding hydrogens is 378 g/mol. The fourth-order valence-corrected chi connectivity index (χ4v) is 3.47. The molecular formula is C24H23N3O3.